The van der Waals surface area contributed by atoms with Crippen molar-refractivity contribution in [1.29, 1.82) is 0 Å². The minimum absolute atomic E-state index is 0.288. The summed E-state index contributed by atoms with van der Waals surface area (Å²) in [4.78, 5) is 29.7. The van der Waals surface area contributed by atoms with E-state index >= 15 is 0 Å². The molecule has 1 aromatic carbocycles. The summed E-state index contributed by atoms with van der Waals surface area (Å²) in [5.41, 5.74) is 1.56. The summed E-state index contributed by atoms with van der Waals surface area (Å²) in [7, 11) is 2.07. The summed E-state index contributed by atoms with van der Waals surface area (Å²) < 4.78 is 43.2. The number of carbonyl (C=O) groups is 1. The van der Waals surface area contributed by atoms with Crippen LogP contribution >= 0.6 is 0 Å². The molecule has 1 N–H and O–H groups in total. The quantitative estimate of drug-likeness (QED) is 0.584. The van der Waals surface area contributed by atoms with E-state index in [1.54, 1.807) is 13.1 Å². The van der Waals surface area contributed by atoms with Crippen molar-refractivity contribution in [3.63, 3.8) is 0 Å². The molecule has 34 heavy (non-hydrogen) atoms. The molecule has 2 aromatic heterocycles. The molecule has 0 saturated carbocycles. The zero-order valence-corrected chi connectivity index (χ0v) is 18.7. The van der Waals surface area contributed by atoms with E-state index in [2.05, 4.69) is 32.0 Å². The highest BCUT2D eigenvalue weighted by atomic mass is 19.4. The van der Waals surface area contributed by atoms with Crippen molar-refractivity contribution < 1.29 is 22.7 Å². The van der Waals surface area contributed by atoms with Crippen molar-refractivity contribution in [3.05, 3.63) is 58.6 Å². The Morgan fingerprint density at radius 1 is 1.15 bits per heavy atom. The van der Waals surface area contributed by atoms with E-state index < -0.39 is 24.0 Å². The first-order valence-electron chi connectivity index (χ1n) is 10.8. The van der Waals surface area contributed by atoms with Crippen LogP contribution in [-0.4, -0.2) is 64.6 Å². The number of benzene rings is 1. The molecule has 3 heterocycles. The predicted octanol–water partition coefficient (Wildman–Crippen LogP) is 2.02. The molecule has 1 fully saturated rings. The van der Waals surface area contributed by atoms with Gasteiger partial charge in [-0.05, 0) is 37.7 Å². The van der Waals surface area contributed by atoms with Gasteiger partial charge in [-0.1, -0.05) is 12.1 Å². The van der Waals surface area contributed by atoms with E-state index in [1.807, 2.05) is 12.1 Å². The van der Waals surface area contributed by atoms with Crippen LogP contribution < -0.4 is 20.6 Å². The summed E-state index contributed by atoms with van der Waals surface area (Å²) in [6.45, 7) is 5.05. The monoisotopic (exact) mass is 478 g/mol. The second-order valence-electron chi connectivity index (χ2n) is 8.25. The third kappa shape index (κ3) is 5.50. The lowest BCUT2D eigenvalue weighted by Gasteiger charge is -2.33. The number of ether oxygens (including phenoxy) is 1. The Morgan fingerprint density at radius 2 is 1.82 bits per heavy atom. The number of anilines is 1. The van der Waals surface area contributed by atoms with E-state index in [0.29, 0.717) is 11.2 Å². The average Bonchev–Trinajstić information content (AvgIpc) is 3.08. The van der Waals surface area contributed by atoms with Gasteiger partial charge in [0.2, 0.25) is 5.91 Å². The van der Waals surface area contributed by atoms with Crippen LogP contribution in [0.25, 0.3) is 5.65 Å². The third-order valence-electron chi connectivity index (χ3n) is 5.72. The zero-order chi connectivity index (χ0) is 24.5. The number of halogens is 3. The molecule has 1 aliphatic rings. The SMILES string of the molecule is C[C@H](NC(=O)Cn1nc2cc(N3CCN(C)CC3)ccn2c1=O)c1ccc(OC(F)(F)F)cc1. The Balaban J connectivity index is 1.41. The number of hydrogen-bond donors (Lipinski definition) is 1. The van der Waals surface area contributed by atoms with Crippen LogP contribution in [0.2, 0.25) is 0 Å². The van der Waals surface area contributed by atoms with Crippen LogP contribution in [-0.2, 0) is 11.3 Å². The van der Waals surface area contributed by atoms with E-state index in [-0.39, 0.29) is 12.3 Å². The summed E-state index contributed by atoms with van der Waals surface area (Å²) in [5.74, 6) is -0.796. The summed E-state index contributed by atoms with van der Waals surface area (Å²) in [6.07, 6.45) is -3.12. The molecule has 1 aliphatic heterocycles. The van der Waals surface area contributed by atoms with Crippen molar-refractivity contribution in [2.24, 2.45) is 0 Å². The van der Waals surface area contributed by atoms with E-state index in [4.69, 9.17) is 0 Å². The van der Waals surface area contributed by atoms with E-state index in [1.165, 1.54) is 28.7 Å². The molecule has 0 aliphatic carbocycles. The highest BCUT2D eigenvalue weighted by molar-refractivity contribution is 5.76. The van der Waals surface area contributed by atoms with Gasteiger partial charge in [-0.2, -0.15) is 0 Å². The maximum atomic E-state index is 12.7. The largest absolute Gasteiger partial charge is 0.573 e. The van der Waals surface area contributed by atoms with Crippen molar-refractivity contribution in [2.45, 2.75) is 25.9 Å². The van der Waals surface area contributed by atoms with Crippen LogP contribution in [0.1, 0.15) is 18.5 Å². The molecular weight excluding hydrogens is 453 g/mol. The molecule has 0 radical (unpaired) electrons. The Labute approximate surface area is 193 Å². The highest BCUT2D eigenvalue weighted by Gasteiger charge is 2.31. The second kappa shape index (κ2) is 9.37. The predicted molar refractivity (Wildman–Crippen MR) is 119 cm³/mol. The topological polar surface area (TPSA) is 84.1 Å². The molecule has 0 bridgehead atoms. The van der Waals surface area contributed by atoms with Gasteiger partial charge in [-0.15, -0.1) is 18.3 Å². The lowest BCUT2D eigenvalue weighted by atomic mass is 10.1. The van der Waals surface area contributed by atoms with Gasteiger partial charge in [0.15, 0.2) is 5.65 Å². The van der Waals surface area contributed by atoms with Gasteiger partial charge < -0.3 is 19.9 Å². The number of nitrogens with one attached hydrogen (secondary N) is 1. The minimum Gasteiger partial charge on any atom is -0.406 e. The van der Waals surface area contributed by atoms with Gasteiger partial charge >= 0.3 is 12.1 Å². The molecule has 9 nitrogen and oxygen atoms in total. The van der Waals surface area contributed by atoms with Crippen LogP contribution in [0, 0.1) is 0 Å². The van der Waals surface area contributed by atoms with E-state index in [9.17, 15) is 22.8 Å². The number of amides is 1. The Kier molecular flexibility index (Phi) is 6.51. The maximum absolute atomic E-state index is 12.7. The van der Waals surface area contributed by atoms with Crippen molar-refractivity contribution >= 4 is 17.2 Å². The van der Waals surface area contributed by atoms with Gasteiger partial charge in [-0.3, -0.25) is 9.20 Å². The number of hydrogen-bond acceptors (Lipinski definition) is 6. The van der Waals surface area contributed by atoms with Crippen LogP contribution in [0.4, 0.5) is 18.9 Å². The Bertz CT molecular complexity index is 1210. The number of rotatable bonds is 6. The third-order valence-corrected chi connectivity index (χ3v) is 5.72. The van der Waals surface area contributed by atoms with Crippen LogP contribution in [0.5, 0.6) is 5.75 Å². The smallest absolute Gasteiger partial charge is 0.406 e. The first-order valence-corrected chi connectivity index (χ1v) is 10.8. The molecule has 12 heteroatoms. The summed E-state index contributed by atoms with van der Waals surface area (Å²) in [5, 5.41) is 7.02. The fourth-order valence-electron chi connectivity index (χ4n) is 3.84. The molecule has 182 valence electrons. The van der Waals surface area contributed by atoms with Crippen LogP contribution in [0.3, 0.4) is 0 Å². The highest BCUT2D eigenvalue weighted by Crippen LogP contribution is 2.24. The summed E-state index contributed by atoms with van der Waals surface area (Å²) in [6, 6.07) is 8.41. The first-order chi connectivity index (χ1) is 16.1. The average molecular weight is 478 g/mol. The molecule has 1 atom stereocenters. The maximum Gasteiger partial charge on any atom is 0.573 e. The Hall–Kier alpha value is -3.54. The number of fused-ring (bicyclic) bond motifs is 1. The number of aromatic nitrogens is 3. The molecule has 0 spiro atoms. The standard InChI is InChI=1S/C22H25F3N6O3/c1-15(16-3-5-18(6-4-16)34-22(23,24)25)26-20(32)14-31-21(33)30-8-7-17(13-19(30)27-31)29-11-9-28(2)10-12-29/h3-8,13,15H,9-12,14H2,1-2H3,(H,26,32)/t15-/m0/s1. The minimum atomic E-state index is -4.77. The number of likely N-dealkylation sites (N-methyl/N-ethyl adjacent to an activating group) is 1. The van der Waals surface area contributed by atoms with Crippen molar-refractivity contribution in [3.8, 4) is 5.75 Å². The fourth-order valence-corrected chi connectivity index (χ4v) is 3.84. The fraction of sp³-hybridized carbons (Fsp3) is 0.409. The van der Waals surface area contributed by atoms with E-state index in [0.717, 1.165) is 36.5 Å². The molecule has 1 saturated heterocycles. The van der Waals surface area contributed by atoms with Gasteiger partial charge in [0.1, 0.15) is 12.3 Å². The molecule has 3 aromatic rings. The molecule has 1 amide bonds. The van der Waals surface area contributed by atoms with Gasteiger partial charge in [0.05, 0.1) is 6.04 Å². The lowest BCUT2D eigenvalue weighted by Crippen LogP contribution is -2.44. The number of carbonyl (C=O) groups excluding carboxylic acids is 1. The number of nitrogens with zero attached hydrogens (tertiary/aromatic N) is 5. The Morgan fingerprint density at radius 3 is 2.47 bits per heavy atom. The zero-order valence-electron chi connectivity index (χ0n) is 18.7. The lowest BCUT2D eigenvalue weighted by molar-refractivity contribution is -0.274. The van der Waals surface area contributed by atoms with Crippen molar-refractivity contribution in [1.82, 2.24) is 24.4 Å². The van der Waals surface area contributed by atoms with Crippen LogP contribution in [0.15, 0.2) is 47.4 Å². The number of piperazine rings is 1. The summed E-state index contributed by atoms with van der Waals surface area (Å²) >= 11 is 0. The second-order valence-corrected chi connectivity index (χ2v) is 8.25. The molecule has 0 unspecified atom stereocenters. The first kappa shape index (κ1) is 23.6. The molecular formula is C22H25F3N6O3. The molecule has 4 rings (SSSR count). The van der Waals surface area contributed by atoms with Gasteiger partial charge in [0, 0.05) is 44.1 Å². The van der Waals surface area contributed by atoms with Crippen molar-refractivity contribution in [2.75, 3.05) is 38.1 Å². The van der Waals surface area contributed by atoms with Gasteiger partial charge in [0.25, 0.3) is 0 Å². The number of pyridine rings is 1. The van der Waals surface area contributed by atoms with Gasteiger partial charge in [-0.25, -0.2) is 9.48 Å². The normalized spacial score (nSPS) is 16.0. The number of alkyl halides is 3.